The molecular weight excluding hydrogens is 372 g/mol. The molecule has 2 aliphatic rings. The number of hydrazone groups is 1. The van der Waals surface area contributed by atoms with Crippen LogP contribution in [0.3, 0.4) is 0 Å². The van der Waals surface area contributed by atoms with Crippen LogP contribution >= 0.6 is 0 Å². The summed E-state index contributed by atoms with van der Waals surface area (Å²) in [6, 6.07) is 29.3. The summed E-state index contributed by atoms with van der Waals surface area (Å²) in [7, 11) is 0. The molecule has 2 heterocycles. The van der Waals surface area contributed by atoms with E-state index in [-0.39, 0.29) is 11.9 Å². The van der Waals surface area contributed by atoms with Crippen LogP contribution in [0.25, 0.3) is 0 Å². The summed E-state index contributed by atoms with van der Waals surface area (Å²) in [5.74, 6) is -0.120. The monoisotopic (exact) mass is 396 g/mol. The van der Waals surface area contributed by atoms with E-state index in [0.29, 0.717) is 5.71 Å². The maximum absolute atomic E-state index is 12.4. The predicted octanol–water partition coefficient (Wildman–Crippen LogP) is 3.75. The number of hydrogen-bond donors (Lipinski definition) is 1. The average Bonchev–Trinajstić information content (AvgIpc) is 3.12. The molecule has 0 aliphatic carbocycles. The maximum atomic E-state index is 12.4. The Morgan fingerprint density at radius 3 is 1.93 bits per heavy atom. The summed E-state index contributed by atoms with van der Waals surface area (Å²) in [5.41, 5.74) is 4.84. The van der Waals surface area contributed by atoms with Crippen LogP contribution in [0.4, 0.5) is 5.69 Å². The minimum Gasteiger partial charge on any atom is -0.320 e. The Morgan fingerprint density at radius 2 is 1.30 bits per heavy atom. The lowest BCUT2D eigenvalue weighted by atomic mass is 9.96. The first kappa shape index (κ1) is 18.6. The molecule has 0 saturated carbocycles. The summed E-state index contributed by atoms with van der Waals surface area (Å²) in [6.45, 7) is 3.34. The van der Waals surface area contributed by atoms with Gasteiger partial charge in [0.1, 0.15) is 0 Å². The second-order valence-corrected chi connectivity index (χ2v) is 7.66. The van der Waals surface area contributed by atoms with Gasteiger partial charge in [-0.2, -0.15) is 5.10 Å². The van der Waals surface area contributed by atoms with Crippen LogP contribution in [0.15, 0.2) is 90.0 Å². The number of rotatable bonds is 4. The van der Waals surface area contributed by atoms with Gasteiger partial charge in [0, 0.05) is 31.7 Å². The molecule has 150 valence electrons. The van der Waals surface area contributed by atoms with E-state index in [1.165, 1.54) is 11.1 Å². The van der Waals surface area contributed by atoms with E-state index in [1.54, 1.807) is 0 Å². The van der Waals surface area contributed by atoms with Gasteiger partial charge in [-0.1, -0.05) is 78.9 Å². The normalized spacial score (nSPS) is 18.0. The van der Waals surface area contributed by atoms with Gasteiger partial charge in [0.05, 0.1) is 11.7 Å². The van der Waals surface area contributed by atoms with E-state index in [0.717, 1.165) is 37.4 Å². The second kappa shape index (κ2) is 8.13. The van der Waals surface area contributed by atoms with Crippen LogP contribution in [-0.2, 0) is 4.79 Å². The molecule has 2 aliphatic heterocycles. The molecule has 1 N–H and O–H groups in total. The highest BCUT2D eigenvalue weighted by molar-refractivity contribution is 6.53. The third-order valence-electron chi connectivity index (χ3n) is 5.77. The SMILES string of the molecule is O=C1Nc2ccccc2/C1=N\N1CCN(C(c2ccccc2)c2ccccc2)CC1. The highest BCUT2D eigenvalue weighted by Crippen LogP contribution is 2.30. The van der Waals surface area contributed by atoms with Crippen LogP contribution in [0.5, 0.6) is 0 Å². The Bertz CT molecular complexity index is 1020. The molecule has 3 aromatic carbocycles. The number of nitrogens with zero attached hydrogens (tertiary/aromatic N) is 3. The largest absolute Gasteiger partial charge is 0.320 e. The van der Waals surface area contributed by atoms with Gasteiger partial charge in [0.25, 0.3) is 5.91 Å². The molecule has 1 amide bonds. The van der Waals surface area contributed by atoms with Crippen LogP contribution in [-0.4, -0.2) is 47.7 Å². The summed E-state index contributed by atoms with van der Waals surface area (Å²) in [4.78, 5) is 14.9. The van der Waals surface area contributed by atoms with Crippen molar-refractivity contribution in [3.05, 3.63) is 102 Å². The molecule has 1 fully saturated rings. The smallest absolute Gasteiger partial charge is 0.276 e. The Balaban J connectivity index is 1.35. The number of benzene rings is 3. The van der Waals surface area contributed by atoms with Gasteiger partial charge in [0.2, 0.25) is 0 Å². The molecule has 5 rings (SSSR count). The molecule has 0 radical (unpaired) electrons. The number of amides is 1. The molecule has 30 heavy (non-hydrogen) atoms. The van der Waals surface area contributed by atoms with Crippen molar-refractivity contribution in [2.45, 2.75) is 6.04 Å². The van der Waals surface area contributed by atoms with Crippen LogP contribution in [0, 0.1) is 0 Å². The Labute approximate surface area is 176 Å². The van der Waals surface area contributed by atoms with Crippen molar-refractivity contribution >= 4 is 17.3 Å². The predicted molar refractivity (Wildman–Crippen MR) is 119 cm³/mol. The number of para-hydroxylation sites is 1. The standard InChI is InChI=1S/C25H24N4O/c30-25-23(21-13-7-8-14-22(21)26-25)27-29-17-15-28(16-18-29)24(19-9-3-1-4-10-19)20-11-5-2-6-12-20/h1-14,24H,15-18H2,(H,26,27,30). The first-order chi connectivity index (χ1) is 14.8. The molecule has 3 aromatic rings. The molecule has 0 aromatic heterocycles. The van der Waals surface area contributed by atoms with E-state index in [4.69, 9.17) is 5.10 Å². The second-order valence-electron chi connectivity index (χ2n) is 7.66. The fourth-order valence-electron chi connectivity index (χ4n) is 4.30. The van der Waals surface area contributed by atoms with Gasteiger partial charge in [0.15, 0.2) is 5.71 Å². The van der Waals surface area contributed by atoms with E-state index in [9.17, 15) is 4.79 Å². The quantitative estimate of drug-likeness (QED) is 0.731. The van der Waals surface area contributed by atoms with Crippen LogP contribution in [0.1, 0.15) is 22.7 Å². The zero-order valence-electron chi connectivity index (χ0n) is 16.7. The van der Waals surface area contributed by atoms with Gasteiger partial charge in [-0.25, -0.2) is 0 Å². The summed E-state index contributed by atoms with van der Waals surface area (Å²) in [5, 5.41) is 9.64. The third kappa shape index (κ3) is 3.60. The molecular formula is C25H24N4O. The fourth-order valence-corrected chi connectivity index (χ4v) is 4.30. The van der Waals surface area contributed by atoms with E-state index in [2.05, 4.69) is 70.9 Å². The van der Waals surface area contributed by atoms with Crippen molar-refractivity contribution in [1.29, 1.82) is 0 Å². The summed E-state index contributed by atoms with van der Waals surface area (Å²) < 4.78 is 0. The summed E-state index contributed by atoms with van der Waals surface area (Å²) in [6.07, 6.45) is 0. The van der Waals surface area contributed by atoms with Crippen molar-refractivity contribution < 1.29 is 4.79 Å². The highest BCUT2D eigenvalue weighted by atomic mass is 16.2. The number of carbonyl (C=O) groups excluding carboxylic acids is 1. The topological polar surface area (TPSA) is 47.9 Å². The third-order valence-corrected chi connectivity index (χ3v) is 5.77. The number of fused-ring (bicyclic) bond motifs is 1. The van der Waals surface area contributed by atoms with Crippen molar-refractivity contribution in [3.8, 4) is 0 Å². The van der Waals surface area contributed by atoms with Gasteiger partial charge in [-0.15, -0.1) is 0 Å². The summed E-state index contributed by atoms with van der Waals surface area (Å²) >= 11 is 0. The molecule has 0 atom stereocenters. The van der Waals surface area contributed by atoms with Crippen molar-refractivity contribution in [1.82, 2.24) is 9.91 Å². The van der Waals surface area contributed by atoms with E-state index < -0.39 is 0 Å². The molecule has 0 unspecified atom stereocenters. The van der Waals surface area contributed by atoms with Crippen LogP contribution < -0.4 is 5.32 Å². The average molecular weight is 396 g/mol. The van der Waals surface area contributed by atoms with E-state index in [1.807, 2.05) is 29.3 Å². The van der Waals surface area contributed by atoms with Gasteiger partial charge in [-0.3, -0.25) is 14.7 Å². The molecule has 0 spiro atoms. The Morgan fingerprint density at radius 1 is 0.733 bits per heavy atom. The minimum atomic E-state index is -0.120. The van der Waals surface area contributed by atoms with Crippen LogP contribution in [0.2, 0.25) is 0 Å². The minimum absolute atomic E-state index is 0.120. The highest BCUT2D eigenvalue weighted by Gasteiger charge is 2.29. The van der Waals surface area contributed by atoms with Gasteiger partial charge in [-0.05, 0) is 17.2 Å². The lowest BCUT2D eigenvalue weighted by molar-refractivity contribution is -0.110. The van der Waals surface area contributed by atoms with Crippen molar-refractivity contribution in [3.63, 3.8) is 0 Å². The van der Waals surface area contributed by atoms with Gasteiger partial charge >= 0.3 is 0 Å². The lowest BCUT2D eigenvalue weighted by Crippen LogP contribution is -2.46. The van der Waals surface area contributed by atoms with Crippen molar-refractivity contribution in [2.75, 3.05) is 31.5 Å². The zero-order chi connectivity index (χ0) is 20.3. The Hall–Kier alpha value is -3.44. The maximum Gasteiger partial charge on any atom is 0.276 e. The molecule has 1 saturated heterocycles. The van der Waals surface area contributed by atoms with Gasteiger partial charge < -0.3 is 5.32 Å². The number of carbonyl (C=O) groups is 1. The van der Waals surface area contributed by atoms with Crippen molar-refractivity contribution in [2.24, 2.45) is 5.10 Å². The first-order valence-corrected chi connectivity index (χ1v) is 10.4. The number of hydrogen-bond acceptors (Lipinski definition) is 4. The number of anilines is 1. The first-order valence-electron chi connectivity index (χ1n) is 10.4. The molecule has 0 bridgehead atoms. The number of piperazine rings is 1. The molecule has 5 nitrogen and oxygen atoms in total. The Kier molecular flexibility index (Phi) is 5.03. The lowest BCUT2D eigenvalue weighted by Gasteiger charge is -2.38. The number of nitrogens with one attached hydrogen (secondary N) is 1. The fraction of sp³-hybridized carbons (Fsp3) is 0.200. The molecule has 5 heteroatoms. The van der Waals surface area contributed by atoms with E-state index >= 15 is 0 Å². The zero-order valence-corrected chi connectivity index (χ0v) is 16.7.